The van der Waals surface area contributed by atoms with Crippen LogP contribution in [0.25, 0.3) is 0 Å². The maximum Gasteiger partial charge on any atom is 0.0522 e. The molecule has 5 rings (SSSR count). The summed E-state index contributed by atoms with van der Waals surface area (Å²) < 4.78 is 0. The zero-order valence-electron chi connectivity index (χ0n) is 18.8. The Labute approximate surface area is 204 Å². The molecule has 0 amide bonds. The average molecular weight is 477 g/mol. The number of anilines is 2. The summed E-state index contributed by atoms with van der Waals surface area (Å²) in [5, 5.41) is 12.9. The zero-order chi connectivity index (χ0) is 23.0. The smallest absolute Gasteiger partial charge is 0.0522 e. The second-order valence-corrected chi connectivity index (χ2v) is 11.7. The summed E-state index contributed by atoms with van der Waals surface area (Å²) in [5.41, 5.74) is 2.22. The zero-order valence-corrected chi connectivity index (χ0v) is 20.5. The molecular weight excluding hydrogens is 450 g/mol. The van der Waals surface area contributed by atoms with Crippen LogP contribution in [-0.2, 0) is 0 Å². The van der Waals surface area contributed by atoms with Crippen LogP contribution in [0.3, 0.4) is 0 Å². The monoisotopic (exact) mass is 476 g/mol. The summed E-state index contributed by atoms with van der Waals surface area (Å²) in [7, 11) is -1.44. The molecule has 5 aromatic rings. The van der Waals surface area contributed by atoms with E-state index in [4.69, 9.17) is 0 Å². The van der Waals surface area contributed by atoms with Crippen LogP contribution < -0.4 is 31.4 Å². The molecule has 0 saturated heterocycles. The van der Waals surface area contributed by atoms with E-state index < -0.39 is 16.1 Å². The van der Waals surface area contributed by atoms with Gasteiger partial charge >= 0.3 is 0 Å². The van der Waals surface area contributed by atoms with Crippen molar-refractivity contribution in [1.29, 1.82) is 0 Å². The molecule has 0 aliphatic rings. The van der Waals surface area contributed by atoms with Crippen LogP contribution >= 0.6 is 16.1 Å². The second kappa shape index (κ2) is 11.1. The normalized spacial score (nSPS) is 10.9. The van der Waals surface area contributed by atoms with Crippen LogP contribution in [0.2, 0.25) is 0 Å². The highest BCUT2D eigenvalue weighted by molar-refractivity contribution is 7.74. The summed E-state index contributed by atoms with van der Waals surface area (Å²) in [6.45, 7) is 0. The highest BCUT2D eigenvalue weighted by Crippen LogP contribution is 2.38. The molecule has 0 unspecified atom stereocenters. The Balaban J connectivity index is 1.44. The van der Waals surface area contributed by atoms with Gasteiger partial charge in [0.05, 0.1) is 16.1 Å². The Bertz CT molecular complexity index is 1120. The molecule has 4 heteroatoms. The topological polar surface area (TPSA) is 24.1 Å². The van der Waals surface area contributed by atoms with Crippen LogP contribution in [0.15, 0.2) is 146 Å². The van der Waals surface area contributed by atoms with Crippen molar-refractivity contribution < 1.29 is 0 Å². The van der Waals surface area contributed by atoms with Crippen molar-refractivity contribution in [2.75, 3.05) is 10.2 Å². The predicted octanol–water partition coefficient (Wildman–Crippen LogP) is 6.61. The number of hydrogen-bond acceptors (Lipinski definition) is 2. The number of nitrogens with one attached hydrogen (secondary N) is 2. The lowest BCUT2D eigenvalue weighted by molar-refractivity contribution is 1.64. The Hall–Kier alpha value is -3.44. The maximum absolute atomic E-state index is 3.84. The van der Waals surface area contributed by atoms with Gasteiger partial charge in [-0.15, -0.1) is 0 Å². The van der Waals surface area contributed by atoms with E-state index in [0.717, 1.165) is 11.4 Å². The van der Waals surface area contributed by atoms with E-state index in [1.54, 1.807) is 0 Å². The van der Waals surface area contributed by atoms with Crippen molar-refractivity contribution in [2.24, 2.45) is 0 Å². The van der Waals surface area contributed by atoms with Crippen LogP contribution in [0.1, 0.15) is 0 Å². The van der Waals surface area contributed by atoms with Gasteiger partial charge in [0.1, 0.15) is 0 Å². The van der Waals surface area contributed by atoms with Gasteiger partial charge in [-0.25, -0.2) is 0 Å². The van der Waals surface area contributed by atoms with Crippen molar-refractivity contribution in [3.63, 3.8) is 0 Å². The molecule has 0 heterocycles. The molecule has 0 aromatic heterocycles. The van der Waals surface area contributed by atoms with Crippen LogP contribution in [0.4, 0.5) is 11.4 Å². The lowest BCUT2D eigenvalue weighted by atomic mass is 10.3. The first kappa shape index (κ1) is 22.4. The second-order valence-electron chi connectivity index (χ2n) is 7.82. The molecule has 5 aromatic carbocycles. The van der Waals surface area contributed by atoms with Gasteiger partial charge in [-0.2, -0.15) is 0 Å². The fraction of sp³-hybridized carbons (Fsp3) is 0. The summed E-state index contributed by atoms with van der Waals surface area (Å²) in [6, 6.07) is 51.5. The molecule has 0 aliphatic carbocycles. The van der Waals surface area contributed by atoms with Gasteiger partial charge < -0.3 is 10.2 Å². The third kappa shape index (κ3) is 5.54. The Kier molecular flexibility index (Phi) is 7.31. The lowest BCUT2D eigenvalue weighted by Crippen LogP contribution is -2.18. The Morgan fingerprint density at radius 1 is 0.324 bits per heavy atom. The Morgan fingerprint density at radius 2 is 0.618 bits per heavy atom. The standard InChI is InChI=1S/C30H26N2P2/c1-5-16-27(17-6-1)33(28-18-7-2-8-19-28)31-25-14-13-15-26(24-25)32-34(29-20-9-3-10-21-29)30-22-11-4-12-23-30/h1-24,31-32H. The minimum Gasteiger partial charge on any atom is -0.357 e. The fourth-order valence-electron chi connectivity index (χ4n) is 3.78. The summed E-state index contributed by atoms with van der Waals surface area (Å²) in [4.78, 5) is 0. The largest absolute Gasteiger partial charge is 0.357 e. The molecule has 0 fully saturated rings. The van der Waals surface area contributed by atoms with Gasteiger partial charge in [-0.05, 0) is 18.2 Å². The van der Waals surface area contributed by atoms with E-state index in [0.29, 0.717) is 0 Å². The molecule has 0 bridgehead atoms. The number of hydrogen-bond donors (Lipinski definition) is 2. The van der Waals surface area contributed by atoms with Gasteiger partial charge in [0.15, 0.2) is 0 Å². The fourth-order valence-corrected chi connectivity index (χ4v) is 7.57. The third-order valence-electron chi connectivity index (χ3n) is 5.40. The van der Waals surface area contributed by atoms with E-state index in [2.05, 4.69) is 156 Å². The third-order valence-corrected chi connectivity index (χ3v) is 9.62. The first-order chi connectivity index (χ1) is 16.9. The van der Waals surface area contributed by atoms with Crippen LogP contribution in [0, 0.1) is 0 Å². The van der Waals surface area contributed by atoms with E-state index in [9.17, 15) is 0 Å². The molecule has 0 saturated carbocycles. The highest BCUT2D eigenvalue weighted by Gasteiger charge is 2.16. The van der Waals surface area contributed by atoms with E-state index in [-0.39, 0.29) is 0 Å². The van der Waals surface area contributed by atoms with Crippen molar-refractivity contribution in [2.45, 2.75) is 0 Å². The molecule has 0 spiro atoms. The van der Waals surface area contributed by atoms with Gasteiger partial charge in [0.2, 0.25) is 0 Å². The van der Waals surface area contributed by atoms with Crippen molar-refractivity contribution in [3.8, 4) is 0 Å². The average Bonchev–Trinajstić information content (AvgIpc) is 2.92. The van der Waals surface area contributed by atoms with E-state index >= 15 is 0 Å². The molecular formula is C30H26N2P2. The highest BCUT2D eigenvalue weighted by atomic mass is 31.1. The van der Waals surface area contributed by atoms with Gasteiger partial charge in [0.25, 0.3) is 0 Å². The van der Waals surface area contributed by atoms with Crippen LogP contribution in [0.5, 0.6) is 0 Å². The van der Waals surface area contributed by atoms with Gasteiger partial charge in [0, 0.05) is 32.6 Å². The first-order valence-corrected chi connectivity index (χ1v) is 14.0. The van der Waals surface area contributed by atoms with Crippen molar-refractivity contribution >= 4 is 48.7 Å². The quantitative estimate of drug-likeness (QED) is 0.247. The van der Waals surface area contributed by atoms with Crippen LogP contribution in [-0.4, -0.2) is 0 Å². The van der Waals surface area contributed by atoms with Crippen molar-refractivity contribution in [3.05, 3.63) is 146 Å². The van der Waals surface area contributed by atoms with Gasteiger partial charge in [-0.1, -0.05) is 127 Å². The maximum atomic E-state index is 3.84. The minimum atomic E-state index is -0.720. The Morgan fingerprint density at radius 3 is 0.912 bits per heavy atom. The van der Waals surface area contributed by atoms with Crippen molar-refractivity contribution in [1.82, 2.24) is 0 Å². The van der Waals surface area contributed by atoms with E-state index in [1.165, 1.54) is 21.2 Å². The summed E-state index contributed by atoms with van der Waals surface area (Å²) >= 11 is 0. The lowest BCUT2D eigenvalue weighted by Gasteiger charge is -2.23. The molecule has 2 N–H and O–H groups in total. The van der Waals surface area contributed by atoms with E-state index in [1.807, 2.05) is 0 Å². The molecule has 0 atom stereocenters. The molecule has 34 heavy (non-hydrogen) atoms. The summed E-state index contributed by atoms with van der Waals surface area (Å²) in [5.74, 6) is 0. The van der Waals surface area contributed by atoms with Gasteiger partial charge in [-0.3, -0.25) is 0 Å². The number of benzene rings is 5. The first-order valence-electron chi connectivity index (χ1n) is 11.3. The SMILES string of the molecule is c1ccc(P(Nc2cccc(NP(c3ccccc3)c3ccccc3)c2)c2ccccc2)cc1. The minimum absolute atomic E-state index is 0.720. The predicted molar refractivity (Wildman–Crippen MR) is 152 cm³/mol. The number of rotatable bonds is 8. The molecule has 0 aliphatic heterocycles. The molecule has 2 nitrogen and oxygen atoms in total. The molecule has 0 radical (unpaired) electrons. The molecule has 166 valence electrons. The summed E-state index contributed by atoms with van der Waals surface area (Å²) in [6.07, 6.45) is 0.